The zero-order valence-corrected chi connectivity index (χ0v) is 6.89. The lowest BCUT2D eigenvalue weighted by molar-refractivity contribution is -0.127. The number of carbonyl (C=O) groups excluding carboxylic acids is 2. The standard InChI is InChI=1S/C9H12O2/c1-9(2)7(6-10)4-3-5-8(9)11/h4,6H,3,5H2,1-2H3. The molecule has 0 bridgehead atoms. The van der Waals surface area contributed by atoms with Crippen molar-refractivity contribution >= 4 is 12.1 Å². The van der Waals surface area contributed by atoms with Gasteiger partial charge in [0, 0.05) is 12.0 Å². The van der Waals surface area contributed by atoms with Crippen molar-refractivity contribution in [1.82, 2.24) is 0 Å². The molecule has 0 spiro atoms. The van der Waals surface area contributed by atoms with E-state index in [9.17, 15) is 9.59 Å². The van der Waals surface area contributed by atoms with Gasteiger partial charge < -0.3 is 0 Å². The molecule has 0 atom stereocenters. The Balaban J connectivity index is 3.02. The van der Waals surface area contributed by atoms with Crippen molar-refractivity contribution in [1.29, 1.82) is 0 Å². The van der Waals surface area contributed by atoms with E-state index in [1.165, 1.54) is 0 Å². The van der Waals surface area contributed by atoms with Crippen molar-refractivity contribution < 1.29 is 9.59 Å². The van der Waals surface area contributed by atoms with Crippen molar-refractivity contribution in [2.45, 2.75) is 26.7 Å². The fraction of sp³-hybridized carbons (Fsp3) is 0.556. The van der Waals surface area contributed by atoms with Gasteiger partial charge in [-0.1, -0.05) is 6.08 Å². The molecule has 0 N–H and O–H groups in total. The summed E-state index contributed by atoms with van der Waals surface area (Å²) in [6.07, 6.45) is 3.94. The lowest BCUT2D eigenvalue weighted by atomic mass is 9.75. The molecule has 2 nitrogen and oxygen atoms in total. The second-order valence-electron chi connectivity index (χ2n) is 3.36. The van der Waals surface area contributed by atoms with E-state index in [1.54, 1.807) is 13.8 Å². The van der Waals surface area contributed by atoms with Gasteiger partial charge in [-0.2, -0.15) is 0 Å². The number of ketones is 1. The van der Waals surface area contributed by atoms with E-state index in [-0.39, 0.29) is 5.78 Å². The van der Waals surface area contributed by atoms with Gasteiger partial charge in [-0.25, -0.2) is 0 Å². The van der Waals surface area contributed by atoms with Crippen molar-refractivity contribution in [3.8, 4) is 0 Å². The number of hydrogen-bond donors (Lipinski definition) is 0. The monoisotopic (exact) mass is 152 g/mol. The molecule has 60 valence electrons. The minimum atomic E-state index is -0.542. The summed E-state index contributed by atoms with van der Waals surface area (Å²) in [6, 6.07) is 0. The van der Waals surface area contributed by atoms with Crippen molar-refractivity contribution in [2.24, 2.45) is 5.41 Å². The van der Waals surface area contributed by atoms with E-state index >= 15 is 0 Å². The Labute approximate surface area is 66.3 Å². The molecule has 0 aromatic carbocycles. The first-order valence-corrected chi connectivity index (χ1v) is 3.78. The molecule has 1 aliphatic carbocycles. The van der Waals surface area contributed by atoms with Crippen LogP contribution in [0.25, 0.3) is 0 Å². The van der Waals surface area contributed by atoms with E-state index in [4.69, 9.17) is 0 Å². The summed E-state index contributed by atoms with van der Waals surface area (Å²) in [7, 11) is 0. The summed E-state index contributed by atoms with van der Waals surface area (Å²) < 4.78 is 0. The van der Waals surface area contributed by atoms with Crippen LogP contribution >= 0.6 is 0 Å². The van der Waals surface area contributed by atoms with Crippen molar-refractivity contribution in [2.75, 3.05) is 0 Å². The molecular formula is C9H12O2. The topological polar surface area (TPSA) is 34.1 Å². The highest BCUT2D eigenvalue weighted by Gasteiger charge is 2.33. The van der Waals surface area contributed by atoms with Gasteiger partial charge >= 0.3 is 0 Å². The van der Waals surface area contributed by atoms with Crippen LogP contribution in [0.3, 0.4) is 0 Å². The number of Topliss-reactive ketones (excluding diaryl/α,β-unsaturated/α-hetero) is 1. The maximum Gasteiger partial charge on any atom is 0.146 e. The molecule has 1 aliphatic rings. The maximum absolute atomic E-state index is 11.3. The Morgan fingerprint density at radius 3 is 2.64 bits per heavy atom. The molecule has 0 aliphatic heterocycles. The number of aldehydes is 1. The molecule has 11 heavy (non-hydrogen) atoms. The lowest BCUT2D eigenvalue weighted by Crippen LogP contribution is -2.29. The molecule has 0 aromatic heterocycles. The zero-order valence-electron chi connectivity index (χ0n) is 6.89. The summed E-state index contributed by atoms with van der Waals surface area (Å²) in [5.41, 5.74) is 0.0914. The summed E-state index contributed by atoms with van der Waals surface area (Å²) in [5.74, 6) is 0.169. The maximum atomic E-state index is 11.3. The highest BCUT2D eigenvalue weighted by atomic mass is 16.1. The van der Waals surface area contributed by atoms with Crippen LogP contribution in [0.2, 0.25) is 0 Å². The molecule has 0 amide bonds. The van der Waals surface area contributed by atoms with Crippen LogP contribution in [0.1, 0.15) is 26.7 Å². The second-order valence-corrected chi connectivity index (χ2v) is 3.36. The Morgan fingerprint density at radius 2 is 2.18 bits per heavy atom. The van der Waals surface area contributed by atoms with E-state index < -0.39 is 5.41 Å². The molecule has 0 aromatic rings. The molecular weight excluding hydrogens is 140 g/mol. The Bertz CT molecular complexity index is 224. The Morgan fingerprint density at radius 1 is 1.55 bits per heavy atom. The predicted octanol–water partition coefficient (Wildman–Crippen LogP) is 1.50. The molecule has 0 unspecified atom stereocenters. The molecule has 0 saturated heterocycles. The number of hydrogen-bond acceptors (Lipinski definition) is 2. The fourth-order valence-corrected chi connectivity index (χ4v) is 1.28. The third-order valence-electron chi connectivity index (χ3n) is 2.28. The number of allylic oxidation sites excluding steroid dienone is 2. The number of rotatable bonds is 1. The molecule has 0 fully saturated rings. The fourth-order valence-electron chi connectivity index (χ4n) is 1.28. The molecule has 0 radical (unpaired) electrons. The second kappa shape index (κ2) is 2.61. The Hall–Kier alpha value is -0.920. The normalized spacial score (nSPS) is 22.7. The highest BCUT2D eigenvalue weighted by molar-refractivity contribution is 5.95. The molecule has 1 rings (SSSR count). The average molecular weight is 152 g/mol. The van der Waals surface area contributed by atoms with Gasteiger partial charge in [0.05, 0.1) is 5.41 Å². The van der Waals surface area contributed by atoms with Gasteiger partial charge in [-0.05, 0) is 20.3 Å². The third-order valence-corrected chi connectivity index (χ3v) is 2.28. The van der Waals surface area contributed by atoms with Gasteiger partial charge in [0.25, 0.3) is 0 Å². The van der Waals surface area contributed by atoms with Crippen LogP contribution in [-0.2, 0) is 9.59 Å². The first kappa shape index (κ1) is 8.18. The van der Waals surface area contributed by atoms with E-state index in [0.29, 0.717) is 12.0 Å². The van der Waals surface area contributed by atoms with Crippen molar-refractivity contribution in [3.05, 3.63) is 11.6 Å². The molecule has 0 heterocycles. The van der Waals surface area contributed by atoms with Crippen molar-refractivity contribution in [3.63, 3.8) is 0 Å². The average Bonchev–Trinajstić information content (AvgIpc) is 1.95. The van der Waals surface area contributed by atoms with E-state index in [1.807, 2.05) is 6.08 Å². The molecule has 0 saturated carbocycles. The van der Waals surface area contributed by atoms with E-state index in [0.717, 1.165) is 12.7 Å². The largest absolute Gasteiger partial charge is 0.299 e. The van der Waals surface area contributed by atoms with Gasteiger partial charge in [0.2, 0.25) is 0 Å². The SMILES string of the molecule is CC1(C)C(=O)CCC=C1C=O. The van der Waals surface area contributed by atoms with Crippen LogP contribution in [0.15, 0.2) is 11.6 Å². The summed E-state index contributed by atoms with van der Waals surface area (Å²) in [5, 5.41) is 0. The van der Waals surface area contributed by atoms with Gasteiger partial charge in [0.15, 0.2) is 0 Å². The number of carbonyl (C=O) groups is 2. The summed E-state index contributed by atoms with van der Waals surface area (Å²) in [4.78, 5) is 21.8. The minimum absolute atomic E-state index is 0.169. The van der Waals surface area contributed by atoms with Crippen LogP contribution in [0, 0.1) is 5.41 Å². The van der Waals surface area contributed by atoms with Crippen LogP contribution in [-0.4, -0.2) is 12.1 Å². The van der Waals surface area contributed by atoms with E-state index in [2.05, 4.69) is 0 Å². The Kier molecular flexibility index (Phi) is 1.94. The van der Waals surface area contributed by atoms with Crippen LogP contribution in [0.4, 0.5) is 0 Å². The quantitative estimate of drug-likeness (QED) is 0.533. The summed E-state index contributed by atoms with van der Waals surface area (Å²) in [6.45, 7) is 3.60. The van der Waals surface area contributed by atoms with Crippen LogP contribution < -0.4 is 0 Å². The summed E-state index contributed by atoms with van der Waals surface area (Å²) >= 11 is 0. The smallest absolute Gasteiger partial charge is 0.146 e. The first-order chi connectivity index (χ1) is 5.09. The van der Waals surface area contributed by atoms with Gasteiger partial charge in [0.1, 0.15) is 12.1 Å². The van der Waals surface area contributed by atoms with Gasteiger partial charge in [-0.3, -0.25) is 9.59 Å². The van der Waals surface area contributed by atoms with Crippen LogP contribution in [0.5, 0.6) is 0 Å². The zero-order chi connectivity index (χ0) is 8.48. The minimum Gasteiger partial charge on any atom is -0.299 e. The highest BCUT2D eigenvalue weighted by Crippen LogP contribution is 2.31. The third kappa shape index (κ3) is 1.25. The van der Waals surface area contributed by atoms with Gasteiger partial charge in [-0.15, -0.1) is 0 Å². The predicted molar refractivity (Wildman–Crippen MR) is 42.2 cm³/mol. The molecule has 2 heteroatoms. The lowest BCUT2D eigenvalue weighted by Gasteiger charge is -2.26. The first-order valence-electron chi connectivity index (χ1n) is 3.78.